The minimum Gasteiger partial charge on any atom is -0.335 e. The zero-order valence-corrected chi connectivity index (χ0v) is 13.3. The smallest absolute Gasteiger partial charge is 0.273 e. The molecule has 5 nitrogen and oxygen atoms in total. The van der Waals surface area contributed by atoms with Crippen LogP contribution < -0.4 is 5.73 Å². The van der Waals surface area contributed by atoms with E-state index in [9.17, 15) is 4.79 Å². The van der Waals surface area contributed by atoms with Crippen LogP contribution in [0, 0.1) is 0 Å². The van der Waals surface area contributed by atoms with Crippen molar-refractivity contribution in [3.63, 3.8) is 0 Å². The molecular weight excluding hydrogens is 304 g/mol. The fraction of sp³-hybridized carbons (Fsp3) is 0.429. The lowest BCUT2D eigenvalue weighted by Crippen LogP contribution is -2.48. The van der Waals surface area contributed by atoms with Crippen LogP contribution in [-0.2, 0) is 13.1 Å². The Labute approximate surface area is 132 Å². The minimum atomic E-state index is 0.0288. The number of thiazole rings is 1. The predicted octanol–water partition coefficient (Wildman–Crippen LogP) is 1.62. The molecule has 3 heterocycles. The second-order valence-electron chi connectivity index (χ2n) is 5.03. The molecule has 0 unspecified atom stereocenters. The Morgan fingerprint density at radius 2 is 2.10 bits per heavy atom. The second-order valence-corrected chi connectivity index (χ2v) is 6.75. The van der Waals surface area contributed by atoms with Crippen LogP contribution in [0.3, 0.4) is 0 Å². The maximum absolute atomic E-state index is 12.4. The zero-order valence-electron chi connectivity index (χ0n) is 11.7. The van der Waals surface area contributed by atoms with Crippen molar-refractivity contribution >= 4 is 28.6 Å². The van der Waals surface area contributed by atoms with Crippen LogP contribution >= 0.6 is 22.7 Å². The molecule has 1 aliphatic heterocycles. The van der Waals surface area contributed by atoms with Crippen LogP contribution in [0.25, 0.3) is 0 Å². The summed E-state index contributed by atoms with van der Waals surface area (Å²) in [6.45, 7) is 4.72. The number of hydrogen-bond acceptors (Lipinski definition) is 6. The molecule has 0 bridgehead atoms. The van der Waals surface area contributed by atoms with Crippen LogP contribution in [0.1, 0.15) is 21.1 Å². The van der Waals surface area contributed by atoms with E-state index in [2.05, 4.69) is 26.7 Å². The topological polar surface area (TPSA) is 62.5 Å². The quantitative estimate of drug-likeness (QED) is 0.929. The molecule has 0 aliphatic carbocycles. The van der Waals surface area contributed by atoms with E-state index in [1.54, 1.807) is 11.3 Å². The highest BCUT2D eigenvalue weighted by Crippen LogP contribution is 2.15. The van der Waals surface area contributed by atoms with Crippen LogP contribution in [0.15, 0.2) is 22.2 Å². The fourth-order valence-corrected chi connectivity index (χ4v) is 3.72. The van der Waals surface area contributed by atoms with Crippen molar-refractivity contribution in [2.45, 2.75) is 13.1 Å². The van der Waals surface area contributed by atoms with Crippen molar-refractivity contribution in [3.05, 3.63) is 38.5 Å². The summed E-state index contributed by atoms with van der Waals surface area (Å²) in [5.74, 6) is 0.0288. The normalized spacial score (nSPS) is 16.3. The van der Waals surface area contributed by atoms with Gasteiger partial charge in [0.1, 0.15) is 10.7 Å². The number of amides is 1. The van der Waals surface area contributed by atoms with Crippen molar-refractivity contribution in [1.82, 2.24) is 14.8 Å². The number of rotatable bonds is 4. The summed E-state index contributed by atoms with van der Waals surface area (Å²) in [6.07, 6.45) is 0. The van der Waals surface area contributed by atoms with Gasteiger partial charge in [0.15, 0.2) is 0 Å². The van der Waals surface area contributed by atoms with Gasteiger partial charge in [-0.1, -0.05) is 0 Å². The molecule has 3 rings (SSSR count). The third-order valence-electron chi connectivity index (χ3n) is 3.59. The van der Waals surface area contributed by atoms with E-state index in [1.807, 2.05) is 10.3 Å². The van der Waals surface area contributed by atoms with E-state index in [0.29, 0.717) is 12.2 Å². The van der Waals surface area contributed by atoms with Gasteiger partial charge in [-0.3, -0.25) is 9.69 Å². The maximum atomic E-state index is 12.4. The number of thiophene rings is 1. The minimum absolute atomic E-state index is 0.0288. The first-order valence-electron chi connectivity index (χ1n) is 6.93. The average molecular weight is 322 g/mol. The van der Waals surface area contributed by atoms with Gasteiger partial charge in [0.25, 0.3) is 5.91 Å². The molecule has 21 heavy (non-hydrogen) atoms. The van der Waals surface area contributed by atoms with E-state index in [4.69, 9.17) is 5.73 Å². The summed E-state index contributed by atoms with van der Waals surface area (Å²) in [6, 6.07) is 2.16. The molecule has 1 amide bonds. The molecule has 2 aromatic heterocycles. The Bertz CT molecular complexity index is 588. The molecular formula is C14H18N4OS2. The summed E-state index contributed by atoms with van der Waals surface area (Å²) in [4.78, 5) is 20.9. The molecule has 0 atom stereocenters. The van der Waals surface area contributed by atoms with Gasteiger partial charge in [-0.25, -0.2) is 4.98 Å². The third-order valence-corrected chi connectivity index (χ3v) is 5.19. The Morgan fingerprint density at radius 3 is 2.71 bits per heavy atom. The molecule has 0 radical (unpaired) electrons. The third kappa shape index (κ3) is 3.49. The molecule has 1 fully saturated rings. The van der Waals surface area contributed by atoms with Gasteiger partial charge in [-0.2, -0.15) is 11.3 Å². The van der Waals surface area contributed by atoms with Gasteiger partial charge in [-0.05, 0) is 22.4 Å². The average Bonchev–Trinajstić information content (AvgIpc) is 3.18. The van der Waals surface area contributed by atoms with Gasteiger partial charge in [0.05, 0.1) is 0 Å². The summed E-state index contributed by atoms with van der Waals surface area (Å²) < 4.78 is 0. The first-order chi connectivity index (χ1) is 10.3. The molecule has 112 valence electrons. The van der Waals surface area contributed by atoms with Gasteiger partial charge < -0.3 is 10.6 Å². The number of carbonyl (C=O) groups excluding carboxylic acids is 1. The lowest BCUT2D eigenvalue weighted by atomic mass is 10.2. The molecule has 0 aromatic carbocycles. The van der Waals surface area contributed by atoms with Gasteiger partial charge >= 0.3 is 0 Å². The number of hydrogen-bond donors (Lipinski definition) is 1. The Hall–Kier alpha value is -1.28. The fourth-order valence-electron chi connectivity index (χ4n) is 2.41. The Balaban J connectivity index is 1.54. The first kappa shape index (κ1) is 14.6. The summed E-state index contributed by atoms with van der Waals surface area (Å²) >= 11 is 3.18. The van der Waals surface area contributed by atoms with Crippen LogP contribution in [-0.4, -0.2) is 46.9 Å². The van der Waals surface area contributed by atoms with Gasteiger partial charge in [0, 0.05) is 44.6 Å². The lowest BCUT2D eigenvalue weighted by Gasteiger charge is -2.34. The number of nitrogens with two attached hydrogens (primary N) is 1. The van der Waals surface area contributed by atoms with Gasteiger partial charge in [0.2, 0.25) is 0 Å². The van der Waals surface area contributed by atoms with E-state index in [0.717, 1.165) is 37.7 Å². The maximum Gasteiger partial charge on any atom is 0.273 e. The van der Waals surface area contributed by atoms with E-state index in [-0.39, 0.29) is 5.91 Å². The van der Waals surface area contributed by atoms with E-state index < -0.39 is 0 Å². The number of nitrogens with zero attached hydrogens (tertiary/aromatic N) is 3. The SMILES string of the molecule is NCc1nc(C(=O)N2CCN(Cc3ccsc3)CC2)cs1. The molecule has 1 aliphatic rings. The van der Waals surface area contributed by atoms with Crippen molar-refractivity contribution in [2.75, 3.05) is 26.2 Å². The molecule has 2 N–H and O–H groups in total. The molecule has 1 saturated heterocycles. The highest BCUT2D eigenvalue weighted by atomic mass is 32.1. The molecule has 2 aromatic rings. The molecule has 0 saturated carbocycles. The summed E-state index contributed by atoms with van der Waals surface area (Å²) in [5, 5.41) is 6.91. The standard InChI is InChI=1S/C14H18N4OS2/c15-7-13-16-12(10-21-13)14(19)18-4-2-17(3-5-18)8-11-1-6-20-9-11/h1,6,9-10H,2-5,7-8,15H2. The summed E-state index contributed by atoms with van der Waals surface area (Å²) in [5.41, 5.74) is 7.43. The Morgan fingerprint density at radius 1 is 1.29 bits per heavy atom. The number of aromatic nitrogens is 1. The summed E-state index contributed by atoms with van der Waals surface area (Å²) in [7, 11) is 0. The highest BCUT2D eigenvalue weighted by Gasteiger charge is 2.23. The monoisotopic (exact) mass is 322 g/mol. The lowest BCUT2D eigenvalue weighted by molar-refractivity contribution is 0.0623. The molecule has 7 heteroatoms. The van der Waals surface area contributed by atoms with Crippen LogP contribution in [0.4, 0.5) is 0 Å². The highest BCUT2D eigenvalue weighted by molar-refractivity contribution is 7.09. The van der Waals surface area contributed by atoms with Crippen LogP contribution in [0.2, 0.25) is 0 Å². The predicted molar refractivity (Wildman–Crippen MR) is 85.5 cm³/mol. The van der Waals surface area contributed by atoms with Crippen LogP contribution in [0.5, 0.6) is 0 Å². The van der Waals surface area contributed by atoms with Gasteiger partial charge in [-0.15, -0.1) is 11.3 Å². The largest absolute Gasteiger partial charge is 0.335 e. The zero-order chi connectivity index (χ0) is 14.7. The second kappa shape index (κ2) is 6.65. The van der Waals surface area contributed by atoms with Crippen molar-refractivity contribution in [1.29, 1.82) is 0 Å². The van der Waals surface area contributed by atoms with E-state index >= 15 is 0 Å². The first-order valence-corrected chi connectivity index (χ1v) is 8.75. The molecule has 0 spiro atoms. The van der Waals surface area contributed by atoms with Crippen molar-refractivity contribution in [3.8, 4) is 0 Å². The van der Waals surface area contributed by atoms with E-state index in [1.165, 1.54) is 16.9 Å². The number of piperazine rings is 1. The Kier molecular flexibility index (Phi) is 4.64. The van der Waals surface area contributed by atoms with Crippen molar-refractivity contribution in [2.24, 2.45) is 5.73 Å². The number of carbonyl (C=O) groups is 1. The van der Waals surface area contributed by atoms with Crippen molar-refractivity contribution < 1.29 is 4.79 Å².